The van der Waals surface area contributed by atoms with Crippen molar-refractivity contribution in [3.63, 3.8) is 0 Å². The molecule has 0 amide bonds. The number of aromatic nitrogens is 1. The fourth-order valence-electron chi connectivity index (χ4n) is 3.59. The highest BCUT2D eigenvalue weighted by Crippen LogP contribution is 2.36. The molecule has 0 fully saturated rings. The van der Waals surface area contributed by atoms with Gasteiger partial charge in [-0.2, -0.15) is 0 Å². The van der Waals surface area contributed by atoms with Gasteiger partial charge in [-0.05, 0) is 49.0 Å². The molecule has 154 valence electrons. The fourth-order valence-corrected chi connectivity index (χ4v) is 3.59. The molecule has 0 radical (unpaired) electrons. The summed E-state index contributed by atoms with van der Waals surface area (Å²) < 4.78 is 17.1. The lowest BCUT2D eigenvalue weighted by Crippen LogP contribution is -2.21. The Hall–Kier alpha value is -3.31. The Kier molecular flexibility index (Phi) is 6.00. The van der Waals surface area contributed by atoms with Crippen LogP contribution in [0, 0.1) is 0 Å². The van der Waals surface area contributed by atoms with Gasteiger partial charge in [0.1, 0.15) is 11.5 Å². The molecule has 2 aromatic heterocycles. The van der Waals surface area contributed by atoms with E-state index in [0.29, 0.717) is 0 Å². The molecule has 0 aliphatic rings. The first-order valence-corrected chi connectivity index (χ1v) is 10.00. The maximum atomic E-state index is 6.22. The van der Waals surface area contributed by atoms with E-state index in [1.807, 2.05) is 48.7 Å². The normalized spacial score (nSPS) is 11.2. The molecule has 0 aliphatic heterocycles. The van der Waals surface area contributed by atoms with Gasteiger partial charge in [0.15, 0.2) is 11.3 Å². The second-order valence-electron chi connectivity index (χ2n) is 7.32. The molecule has 0 N–H and O–H groups in total. The maximum absolute atomic E-state index is 6.22. The number of fused-ring (bicyclic) bond motifs is 1. The van der Waals surface area contributed by atoms with Crippen LogP contribution in [0.3, 0.4) is 0 Å². The van der Waals surface area contributed by atoms with Crippen molar-refractivity contribution in [1.82, 2.24) is 9.88 Å². The van der Waals surface area contributed by atoms with Crippen molar-refractivity contribution in [3.05, 3.63) is 78.1 Å². The Morgan fingerprint density at radius 1 is 0.967 bits per heavy atom. The molecule has 4 aromatic rings. The second kappa shape index (κ2) is 9.01. The van der Waals surface area contributed by atoms with Gasteiger partial charge in [0.25, 0.3) is 0 Å². The summed E-state index contributed by atoms with van der Waals surface area (Å²) in [6, 6.07) is 20.1. The number of pyridine rings is 1. The molecular formula is C25H26N2O3. The van der Waals surface area contributed by atoms with E-state index in [4.69, 9.17) is 13.9 Å². The Balaban J connectivity index is 1.60. The van der Waals surface area contributed by atoms with E-state index in [0.717, 1.165) is 59.0 Å². The number of furan rings is 1. The summed E-state index contributed by atoms with van der Waals surface area (Å²) in [5, 5.41) is 1.07. The van der Waals surface area contributed by atoms with E-state index < -0.39 is 0 Å². The molecule has 0 saturated heterocycles. The van der Waals surface area contributed by atoms with Crippen LogP contribution in [-0.2, 0) is 13.0 Å². The van der Waals surface area contributed by atoms with E-state index in [9.17, 15) is 0 Å². The van der Waals surface area contributed by atoms with Crippen molar-refractivity contribution >= 4 is 11.0 Å². The first-order valence-electron chi connectivity index (χ1n) is 10.00. The van der Waals surface area contributed by atoms with Gasteiger partial charge in [0.05, 0.1) is 14.2 Å². The summed E-state index contributed by atoms with van der Waals surface area (Å²) in [5.41, 5.74) is 4.05. The Labute approximate surface area is 176 Å². The number of hydrogen-bond acceptors (Lipinski definition) is 5. The molecule has 0 unspecified atom stereocenters. The summed E-state index contributed by atoms with van der Waals surface area (Å²) in [5.74, 6) is 2.33. The van der Waals surface area contributed by atoms with E-state index in [1.54, 1.807) is 14.2 Å². The minimum atomic E-state index is 0.735. The number of benzene rings is 2. The lowest BCUT2D eigenvalue weighted by molar-refractivity contribution is 0.331. The Morgan fingerprint density at radius 2 is 1.87 bits per heavy atom. The van der Waals surface area contributed by atoms with Gasteiger partial charge in [0.2, 0.25) is 0 Å². The highest BCUT2D eigenvalue weighted by molar-refractivity contribution is 5.90. The highest BCUT2D eigenvalue weighted by Gasteiger charge is 2.15. The van der Waals surface area contributed by atoms with Crippen LogP contribution >= 0.6 is 0 Å². The molecular weight excluding hydrogens is 376 g/mol. The third-order valence-electron chi connectivity index (χ3n) is 5.23. The lowest BCUT2D eigenvalue weighted by Gasteiger charge is -2.17. The number of hydrogen-bond donors (Lipinski definition) is 0. The fraction of sp³-hybridized carbons (Fsp3) is 0.240. The largest absolute Gasteiger partial charge is 0.497 e. The molecule has 5 nitrogen and oxygen atoms in total. The lowest BCUT2D eigenvalue weighted by atomic mass is 10.1. The van der Waals surface area contributed by atoms with Gasteiger partial charge in [-0.1, -0.05) is 24.3 Å². The van der Waals surface area contributed by atoms with Crippen LogP contribution in [0.5, 0.6) is 11.5 Å². The molecule has 0 bridgehead atoms. The maximum Gasteiger partial charge on any atom is 0.176 e. The summed E-state index contributed by atoms with van der Waals surface area (Å²) >= 11 is 0. The molecule has 30 heavy (non-hydrogen) atoms. The molecule has 0 aliphatic carbocycles. The van der Waals surface area contributed by atoms with Crippen LogP contribution in [0.1, 0.15) is 11.3 Å². The van der Waals surface area contributed by atoms with E-state index in [2.05, 4.69) is 35.1 Å². The summed E-state index contributed by atoms with van der Waals surface area (Å²) in [6.07, 6.45) is 2.75. The van der Waals surface area contributed by atoms with Crippen LogP contribution in [0.15, 0.2) is 71.3 Å². The highest BCUT2D eigenvalue weighted by atomic mass is 16.5. The van der Waals surface area contributed by atoms with Crippen molar-refractivity contribution in [3.8, 4) is 22.8 Å². The zero-order chi connectivity index (χ0) is 20.9. The molecule has 0 atom stereocenters. The first-order chi connectivity index (χ1) is 14.7. The minimum Gasteiger partial charge on any atom is -0.497 e. The zero-order valence-electron chi connectivity index (χ0n) is 17.6. The number of nitrogens with zero attached hydrogens (tertiary/aromatic N) is 2. The van der Waals surface area contributed by atoms with Crippen molar-refractivity contribution in [1.29, 1.82) is 0 Å². The second-order valence-corrected chi connectivity index (χ2v) is 7.32. The number of likely N-dealkylation sites (N-methyl/N-ethyl adjacent to an activating group) is 1. The summed E-state index contributed by atoms with van der Waals surface area (Å²) in [7, 11) is 5.46. The van der Waals surface area contributed by atoms with Crippen molar-refractivity contribution in [2.75, 3.05) is 27.8 Å². The van der Waals surface area contributed by atoms with Gasteiger partial charge in [-0.25, -0.2) is 0 Å². The number of methoxy groups -OCH3 is 2. The smallest absolute Gasteiger partial charge is 0.176 e. The monoisotopic (exact) mass is 402 g/mol. The van der Waals surface area contributed by atoms with Gasteiger partial charge in [-0.3, -0.25) is 4.98 Å². The van der Waals surface area contributed by atoms with Crippen molar-refractivity contribution in [2.24, 2.45) is 0 Å². The zero-order valence-corrected chi connectivity index (χ0v) is 17.6. The van der Waals surface area contributed by atoms with E-state index >= 15 is 0 Å². The van der Waals surface area contributed by atoms with E-state index in [1.165, 1.54) is 5.56 Å². The van der Waals surface area contributed by atoms with Gasteiger partial charge < -0.3 is 18.8 Å². The SMILES string of the molecule is COc1cccc(-c2cc3c(CN(C)CCc4ccccn4)ccc(OC)c3o2)c1. The van der Waals surface area contributed by atoms with Crippen LogP contribution < -0.4 is 9.47 Å². The molecule has 4 rings (SSSR count). The molecule has 2 aromatic carbocycles. The minimum absolute atomic E-state index is 0.735. The molecule has 5 heteroatoms. The van der Waals surface area contributed by atoms with Crippen molar-refractivity contribution < 1.29 is 13.9 Å². The third-order valence-corrected chi connectivity index (χ3v) is 5.23. The Bertz CT molecular complexity index is 1120. The average molecular weight is 402 g/mol. The molecule has 2 heterocycles. The first kappa shape index (κ1) is 20.0. The predicted molar refractivity (Wildman–Crippen MR) is 119 cm³/mol. The van der Waals surface area contributed by atoms with Gasteiger partial charge >= 0.3 is 0 Å². The van der Waals surface area contributed by atoms with E-state index in [-0.39, 0.29) is 0 Å². The van der Waals surface area contributed by atoms with Gasteiger partial charge in [0, 0.05) is 42.4 Å². The average Bonchev–Trinajstić information content (AvgIpc) is 3.25. The van der Waals surface area contributed by atoms with Crippen LogP contribution in [0.4, 0.5) is 0 Å². The summed E-state index contributed by atoms with van der Waals surface area (Å²) in [6.45, 7) is 1.73. The molecule has 0 saturated carbocycles. The summed E-state index contributed by atoms with van der Waals surface area (Å²) in [4.78, 5) is 6.71. The third kappa shape index (κ3) is 4.31. The van der Waals surface area contributed by atoms with Crippen LogP contribution in [0.2, 0.25) is 0 Å². The topological polar surface area (TPSA) is 47.7 Å². The molecule has 0 spiro atoms. The predicted octanol–water partition coefficient (Wildman–Crippen LogP) is 5.19. The quantitative estimate of drug-likeness (QED) is 0.406. The standard InChI is InChI=1S/C25H26N2O3/c1-27(14-12-20-8-4-5-13-26-20)17-19-10-11-23(29-3)25-22(19)16-24(30-25)18-7-6-9-21(15-18)28-2/h4-11,13,15-16H,12,14,17H2,1-3H3. The number of rotatable bonds is 8. The number of ether oxygens (including phenoxy) is 2. The van der Waals surface area contributed by atoms with Crippen molar-refractivity contribution in [2.45, 2.75) is 13.0 Å². The van der Waals surface area contributed by atoms with Crippen LogP contribution in [0.25, 0.3) is 22.3 Å². The van der Waals surface area contributed by atoms with Gasteiger partial charge in [-0.15, -0.1) is 0 Å². The Morgan fingerprint density at radius 3 is 2.63 bits per heavy atom. The van der Waals surface area contributed by atoms with Crippen LogP contribution in [-0.4, -0.2) is 37.7 Å².